The highest BCUT2D eigenvalue weighted by molar-refractivity contribution is 7.92. The summed E-state index contributed by atoms with van der Waals surface area (Å²) in [6.45, 7) is 3.55. The number of anilines is 2. The Labute approximate surface area is 165 Å². The van der Waals surface area contributed by atoms with Crippen LogP contribution in [-0.2, 0) is 16.2 Å². The van der Waals surface area contributed by atoms with Crippen molar-refractivity contribution in [3.8, 4) is 0 Å². The van der Waals surface area contributed by atoms with Gasteiger partial charge in [0.05, 0.1) is 29.1 Å². The Morgan fingerprint density at radius 2 is 1.82 bits per heavy atom. The Morgan fingerprint density at radius 3 is 2.32 bits per heavy atom. The van der Waals surface area contributed by atoms with E-state index in [1.807, 2.05) is 0 Å². The van der Waals surface area contributed by atoms with Crippen molar-refractivity contribution in [1.82, 2.24) is 0 Å². The van der Waals surface area contributed by atoms with Gasteiger partial charge in [0.25, 0.3) is 5.91 Å². The molecule has 0 unspecified atom stereocenters. The van der Waals surface area contributed by atoms with Crippen LogP contribution < -0.4 is 9.62 Å². The Bertz CT molecular complexity index is 990. The lowest BCUT2D eigenvalue weighted by Gasteiger charge is -2.20. The van der Waals surface area contributed by atoms with E-state index in [1.165, 1.54) is 36.4 Å². The summed E-state index contributed by atoms with van der Waals surface area (Å²) in [4.78, 5) is 12.3. The minimum atomic E-state index is -4.65. The molecule has 1 amide bonds. The highest BCUT2D eigenvalue weighted by Gasteiger charge is 2.33. The second-order valence-corrected chi connectivity index (χ2v) is 8.09. The summed E-state index contributed by atoms with van der Waals surface area (Å²) in [7, 11) is -3.54. The van der Waals surface area contributed by atoms with Gasteiger partial charge in [0.1, 0.15) is 0 Å². The van der Waals surface area contributed by atoms with Gasteiger partial charge in [-0.1, -0.05) is 17.7 Å². The van der Waals surface area contributed by atoms with Crippen LogP contribution in [0.1, 0.15) is 15.9 Å². The zero-order valence-corrected chi connectivity index (χ0v) is 16.2. The summed E-state index contributed by atoms with van der Waals surface area (Å²) in [5, 5.41) is 1.88. The molecule has 0 radical (unpaired) electrons. The Kier molecular flexibility index (Phi) is 6.41. The number of nitrogens with one attached hydrogen (secondary N) is 1. The molecule has 0 bridgehead atoms. The molecule has 0 atom stereocenters. The van der Waals surface area contributed by atoms with Gasteiger partial charge in [0.2, 0.25) is 10.0 Å². The van der Waals surface area contributed by atoms with E-state index in [4.69, 9.17) is 11.6 Å². The van der Waals surface area contributed by atoms with Gasteiger partial charge in [-0.25, -0.2) is 8.42 Å². The molecule has 28 heavy (non-hydrogen) atoms. The van der Waals surface area contributed by atoms with Gasteiger partial charge in [-0.2, -0.15) is 13.2 Å². The smallest absolute Gasteiger partial charge is 0.322 e. The largest absolute Gasteiger partial charge is 0.417 e. The van der Waals surface area contributed by atoms with E-state index in [-0.39, 0.29) is 17.8 Å². The van der Waals surface area contributed by atoms with Gasteiger partial charge < -0.3 is 5.32 Å². The normalized spacial score (nSPS) is 11.8. The van der Waals surface area contributed by atoms with Gasteiger partial charge in [-0.05, 0) is 42.5 Å². The molecule has 0 fully saturated rings. The number of nitrogens with zero attached hydrogens (tertiary/aromatic N) is 1. The molecule has 0 heterocycles. The molecule has 0 aliphatic carbocycles. The van der Waals surface area contributed by atoms with E-state index < -0.39 is 32.7 Å². The van der Waals surface area contributed by atoms with Crippen molar-refractivity contribution < 1.29 is 26.4 Å². The number of alkyl halides is 3. The van der Waals surface area contributed by atoms with Gasteiger partial charge in [0, 0.05) is 11.3 Å². The molecule has 2 aromatic rings. The topological polar surface area (TPSA) is 66.5 Å². The number of carbonyl (C=O) groups excluding carboxylic acids is 1. The molecule has 0 saturated heterocycles. The molecule has 1 N–H and O–H groups in total. The van der Waals surface area contributed by atoms with Crippen LogP contribution in [0.15, 0.2) is 55.1 Å². The monoisotopic (exact) mass is 432 g/mol. The van der Waals surface area contributed by atoms with Crippen LogP contribution in [-0.4, -0.2) is 27.1 Å². The van der Waals surface area contributed by atoms with E-state index in [1.54, 1.807) is 0 Å². The lowest BCUT2D eigenvalue weighted by Crippen LogP contribution is -2.29. The second kappa shape index (κ2) is 8.24. The molecule has 0 aromatic heterocycles. The number of amides is 1. The molecule has 0 aliphatic rings. The summed E-state index contributed by atoms with van der Waals surface area (Å²) in [6.07, 6.45) is -2.20. The molecular weight excluding hydrogens is 417 g/mol. The molecule has 2 aromatic carbocycles. The van der Waals surface area contributed by atoms with E-state index in [2.05, 4.69) is 11.9 Å². The summed E-state index contributed by atoms with van der Waals surface area (Å²) < 4.78 is 63.5. The van der Waals surface area contributed by atoms with Crippen LogP contribution in [0.4, 0.5) is 24.5 Å². The highest BCUT2D eigenvalue weighted by Crippen LogP contribution is 2.36. The van der Waals surface area contributed by atoms with Crippen molar-refractivity contribution in [2.75, 3.05) is 22.4 Å². The maximum absolute atomic E-state index is 12.9. The van der Waals surface area contributed by atoms with Crippen LogP contribution in [0.2, 0.25) is 5.02 Å². The van der Waals surface area contributed by atoms with Crippen LogP contribution in [0.25, 0.3) is 0 Å². The van der Waals surface area contributed by atoms with Crippen LogP contribution in [0.5, 0.6) is 0 Å². The lowest BCUT2D eigenvalue weighted by molar-refractivity contribution is -0.137. The Balaban J connectivity index is 2.23. The SMILES string of the molecule is C=CCN(c1ccc(C(=O)Nc2ccc(Cl)c(C(F)(F)F)c2)cc1)S(C)(=O)=O. The minimum Gasteiger partial charge on any atom is -0.322 e. The van der Waals surface area contributed by atoms with Gasteiger partial charge in [-0.15, -0.1) is 6.58 Å². The maximum Gasteiger partial charge on any atom is 0.417 e. The van der Waals surface area contributed by atoms with Crippen LogP contribution >= 0.6 is 11.6 Å². The summed E-state index contributed by atoms with van der Waals surface area (Å²) in [6, 6.07) is 8.61. The van der Waals surface area contributed by atoms with Crippen molar-refractivity contribution in [3.63, 3.8) is 0 Å². The molecule has 0 spiro atoms. The zero-order chi connectivity index (χ0) is 21.1. The maximum atomic E-state index is 12.9. The highest BCUT2D eigenvalue weighted by atomic mass is 35.5. The number of rotatable bonds is 6. The average Bonchev–Trinajstić information content (AvgIpc) is 2.59. The second-order valence-electron chi connectivity index (χ2n) is 5.78. The Morgan fingerprint density at radius 1 is 1.21 bits per heavy atom. The van der Waals surface area contributed by atoms with E-state index in [0.717, 1.165) is 22.7 Å². The number of sulfonamides is 1. The first kappa shape index (κ1) is 21.8. The first-order valence-electron chi connectivity index (χ1n) is 7.80. The quantitative estimate of drug-likeness (QED) is 0.680. The number of halogens is 4. The minimum absolute atomic E-state index is 0.0510. The molecule has 0 saturated carbocycles. The number of carbonyl (C=O) groups is 1. The van der Waals surface area contributed by atoms with Crippen molar-refractivity contribution in [2.24, 2.45) is 0 Å². The van der Waals surface area contributed by atoms with Crippen molar-refractivity contribution in [1.29, 1.82) is 0 Å². The predicted molar refractivity (Wildman–Crippen MR) is 103 cm³/mol. The van der Waals surface area contributed by atoms with E-state index in [0.29, 0.717) is 5.69 Å². The third-order valence-corrected chi connectivity index (χ3v) is 5.13. The van der Waals surface area contributed by atoms with Crippen molar-refractivity contribution in [3.05, 3.63) is 71.3 Å². The van der Waals surface area contributed by atoms with Crippen LogP contribution in [0.3, 0.4) is 0 Å². The van der Waals surface area contributed by atoms with Gasteiger partial charge in [0.15, 0.2) is 0 Å². The average molecular weight is 433 g/mol. The third-order valence-electron chi connectivity index (χ3n) is 3.64. The fourth-order valence-corrected chi connectivity index (χ4v) is 3.46. The number of benzene rings is 2. The van der Waals surface area contributed by atoms with E-state index in [9.17, 15) is 26.4 Å². The number of hydrogen-bond acceptors (Lipinski definition) is 3. The third kappa shape index (κ3) is 5.26. The fraction of sp³-hybridized carbons (Fsp3) is 0.167. The molecule has 150 valence electrons. The van der Waals surface area contributed by atoms with E-state index >= 15 is 0 Å². The predicted octanol–water partition coefficient (Wildman–Crippen LogP) is 4.56. The van der Waals surface area contributed by atoms with Gasteiger partial charge in [-0.3, -0.25) is 9.10 Å². The van der Waals surface area contributed by atoms with Crippen molar-refractivity contribution >= 4 is 38.9 Å². The van der Waals surface area contributed by atoms with Gasteiger partial charge >= 0.3 is 6.18 Å². The summed E-state index contributed by atoms with van der Waals surface area (Å²) >= 11 is 5.55. The first-order chi connectivity index (χ1) is 12.9. The fourth-order valence-electron chi connectivity index (χ4n) is 2.35. The molecule has 10 heteroatoms. The molecule has 2 rings (SSSR count). The number of hydrogen-bond donors (Lipinski definition) is 1. The molecule has 0 aliphatic heterocycles. The summed E-state index contributed by atoms with van der Waals surface area (Å²) in [5.74, 6) is -0.656. The first-order valence-corrected chi connectivity index (χ1v) is 10.0. The lowest BCUT2D eigenvalue weighted by atomic mass is 10.1. The van der Waals surface area contributed by atoms with Crippen LogP contribution in [0, 0.1) is 0 Å². The standard InChI is InChI=1S/C18H16ClF3N2O3S/c1-3-10-24(28(2,26)27)14-7-4-12(5-8-14)17(25)23-13-6-9-16(19)15(11-13)18(20,21)22/h3-9,11H,1,10H2,2H3,(H,23,25). The molecule has 5 nitrogen and oxygen atoms in total. The summed E-state index contributed by atoms with van der Waals surface area (Å²) in [5.41, 5.74) is -0.671. The zero-order valence-electron chi connectivity index (χ0n) is 14.6. The van der Waals surface area contributed by atoms with Crippen molar-refractivity contribution in [2.45, 2.75) is 6.18 Å². The Hall–Kier alpha value is -2.52. The molecular formula is C18H16ClF3N2O3S.